The van der Waals surface area contributed by atoms with Crippen molar-refractivity contribution in [3.05, 3.63) is 82.1 Å². The molecule has 0 radical (unpaired) electrons. The lowest BCUT2D eigenvalue weighted by Crippen LogP contribution is -2.35. The van der Waals surface area contributed by atoms with Crippen molar-refractivity contribution in [3.8, 4) is 11.3 Å². The molecule has 0 bridgehead atoms. The molecular formula is C25H26F2N4O3. The first-order valence-corrected chi connectivity index (χ1v) is 11.1. The molecule has 7 nitrogen and oxygen atoms in total. The molecule has 0 aliphatic carbocycles. The predicted octanol–water partition coefficient (Wildman–Crippen LogP) is 4.13. The van der Waals surface area contributed by atoms with Gasteiger partial charge < -0.3 is 9.64 Å². The summed E-state index contributed by atoms with van der Waals surface area (Å²) < 4.78 is 33.8. The van der Waals surface area contributed by atoms with Crippen LogP contribution in [0.4, 0.5) is 19.3 Å². The Morgan fingerprint density at radius 2 is 1.94 bits per heavy atom. The first-order valence-electron chi connectivity index (χ1n) is 11.1. The monoisotopic (exact) mass is 468 g/mol. The topological polar surface area (TPSA) is 76.5 Å². The van der Waals surface area contributed by atoms with Crippen molar-refractivity contribution < 1.29 is 18.3 Å². The summed E-state index contributed by atoms with van der Waals surface area (Å²) in [5, 5.41) is 6.97. The molecule has 4 rings (SSSR count). The Morgan fingerprint density at radius 1 is 1.15 bits per heavy atom. The van der Waals surface area contributed by atoms with Gasteiger partial charge in [-0.3, -0.25) is 10.1 Å². The number of benzene rings is 2. The minimum Gasteiger partial charge on any atom is -0.449 e. The SMILES string of the molecule is CN1CCCC(COC(=O)Nc2cccc(Cn3nc(-c4cc(F)cc(F)c4)ccc3=O)c2)C1. The van der Waals surface area contributed by atoms with Crippen molar-refractivity contribution in [1.29, 1.82) is 0 Å². The van der Waals surface area contributed by atoms with Crippen LogP contribution in [0.3, 0.4) is 0 Å². The number of nitrogens with one attached hydrogen (secondary N) is 1. The molecule has 1 N–H and O–H groups in total. The van der Waals surface area contributed by atoms with Crippen LogP contribution in [0, 0.1) is 17.6 Å². The summed E-state index contributed by atoms with van der Waals surface area (Å²) in [4.78, 5) is 26.8. The standard InChI is InChI=1S/C25H26F2N4O3/c1-30-9-3-5-18(14-30)16-34-25(33)28-22-6-2-4-17(10-22)15-31-24(32)8-7-23(29-31)19-11-20(26)13-21(27)12-19/h2,4,6-8,10-13,18H,3,5,9,14-16H2,1H3,(H,28,33). The third-order valence-corrected chi connectivity index (χ3v) is 5.70. The van der Waals surface area contributed by atoms with Crippen molar-refractivity contribution in [1.82, 2.24) is 14.7 Å². The smallest absolute Gasteiger partial charge is 0.411 e. The number of carbonyl (C=O) groups excluding carboxylic acids is 1. The fraction of sp³-hybridized carbons (Fsp3) is 0.320. The van der Waals surface area contributed by atoms with E-state index in [0.29, 0.717) is 23.8 Å². The van der Waals surface area contributed by atoms with Gasteiger partial charge in [0.1, 0.15) is 11.6 Å². The molecule has 2 heterocycles. The van der Waals surface area contributed by atoms with Gasteiger partial charge in [-0.05, 0) is 62.3 Å². The van der Waals surface area contributed by atoms with E-state index in [2.05, 4.69) is 22.4 Å². The van der Waals surface area contributed by atoms with Gasteiger partial charge in [-0.2, -0.15) is 5.10 Å². The zero-order valence-corrected chi connectivity index (χ0v) is 18.8. The molecule has 34 heavy (non-hydrogen) atoms. The Hall–Kier alpha value is -3.59. The van der Waals surface area contributed by atoms with Crippen LogP contribution in [-0.2, 0) is 11.3 Å². The summed E-state index contributed by atoms with van der Waals surface area (Å²) in [5.74, 6) is -1.13. The number of ether oxygens (including phenoxy) is 1. The van der Waals surface area contributed by atoms with Crippen LogP contribution in [0.5, 0.6) is 0 Å². The van der Waals surface area contributed by atoms with Crippen molar-refractivity contribution in [2.45, 2.75) is 19.4 Å². The number of hydrogen-bond donors (Lipinski definition) is 1. The van der Waals surface area contributed by atoms with E-state index in [4.69, 9.17) is 4.74 Å². The van der Waals surface area contributed by atoms with E-state index >= 15 is 0 Å². The highest BCUT2D eigenvalue weighted by Gasteiger charge is 2.19. The molecule has 1 atom stereocenters. The largest absolute Gasteiger partial charge is 0.449 e. The molecule has 0 spiro atoms. The summed E-state index contributed by atoms with van der Waals surface area (Å²) in [7, 11) is 2.06. The Labute approximate surface area is 196 Å². The van der Waals surface area contributed by atoms with Crippen LogP contribution in [-0.4, -0.2) is 47.5 Å². The highest BCUT2D eigenvalue weighted by Crippen LogP contribution is 2.19. The van der Waals surface area contributed by atoms with E-state index in [1.54, 1.807) is 24.3 Å². The maximum Gasteiger partial charge on any atom is 0.411 e. The number of anilines is 1. The first kappa shape index (κ1) is 23.6. The number of amides is 1. The number of likely N-dealkylation sites (tertiary alicyclic amines) is 1. The van der Waals surface area contributed by atoms with E-state index in [9.17, 15) is 18.4 Å². The summed E-state index contributed by atoms with van der Waals surface area (Å²) in [6.45, 7) is 2.45. The highest BCUT2D eigenvalue weighted by molar-refractivity contribution is 5.84. The number of carbonyl (C=O) groups is 1. The van der Waals surface area contributed by atoms with E-state index in [1.807, 2.05) is 0 Å². The van der Waals surface area contributed by atoms with Gasteiger partial charge in [0.05, 0.1) is 18.8 Å². The van der Waals surface area contributed by atoms with Gasteiger partial charge in [-0.15, -0.1) is 0 Å². The molecule has 2 aromatic carbocycles. The van der Waals surface area contributed by atoms with E-state index in [0.717, 1.165) is 44.1 Å². The molecule has 3 aromatic rings. The second-order valence-corrected chi connectivity index (χ2v) is 8.57. The third-order valence-electron chi connectivity index (χ3n) is 5.70. The fourth-order valence-corrected chi connectivity index (χ4v) is 4.09. The Kier molecular flexibility index (Phi) is 7.32. The van der Waals surface area contributed by atoms with E-state index in [-0.39, 0.29) is 23.4 Å². The van der Waals surface area contributed by atoms with Crippen LogP contribution in [0.25, 0.3) is 11.3 Å². The average molecular weight is 469 g/mol. The molecule has 0 saturated carbocycles. The van der Waals surface area contributed by atoms with E-state index < -0.39 is 17.7 Å². The molecule has 178 valence electrons. The van der Waals surface area contributed by atoms with Crippen LogP contribution in [0.1, 0.15) is 18.4 Å². The van der Waals surface area contributed by atoms with Gasteiger partial charge in [0.2, 0.25) is 0 Å². The third kappa shape index (κ3) is 6.26. The van der Waals surface area contributed by atoms with Gasteiger partial charge in [0.25, 0.3) is 5.56 Å². The quantitative estimate of drug-likeness (QED) is 0.589. The second kappa shape index (κ2) is 10.6. The Bertz CT molecular complexity index is 1210. The van der Waals surface area contributed by atoms with Crippen LogP contribution >= 0.6 is 0 Å². The normalized spacial score (nSPS) is 16.3. The molecule has 1 fully saturated rings. The van der Waals surface area contributed by atoms with Crippen molar-refractivity contribution in [3.63, 3.8) is 0 Å². The van der Waals surface area contributed by atoms with Crippen molar-refractivity contribution >= 4 is 11.8 Å². The van der Waals surface area contributed by atoms with Crippen LogP contribution in [0.2, 0.25) is 0 Å². The Balaban J connectivity index is 1.42. The molecule has 1 saturated heterocycles. The minimum absolute atomic E-state index is 0.115. The van der Waals surface area contributed by atoms with Crippen molar-refractivity contribution in [2.75, 3.05) is 32.1 Å². The van der Waals surface area contributed by atoms with Gasteiger partial charge in [-0.25, -0.2) is 18.3 Å². The number of halogens is 2. The van der Waals surface area contributed by atoms with Crippen molar-refractivity contribution in [2.24, 2.45) is 5.92 Å². The lowest BCUT2D eigenvalue weighted by Gasteiger charge is -2.29. The van der Waals surface area contributed by atoms with Gasteiger partial charge >= 0.3 is 6.09 Å². The van der Waals surface area contributed by atoms with E-state index in [1.165, 1.54) is 16.8 Å². The van der Waals surface area contributed by atoms with Crippen LogP contribution < -0.4 is 10.9 Å². The number of nitrogens with zero attached hydrogens (tertiary/aromatic N) is 3. The molecular weight excluding hydrogens is 442 g/mol. The summed E-state index contributed by atoms with van der Waals surface area (Å²) in [6.07, 6.45) is 1.60. The molecule has 1 aliphatic rings. The number of piperidine rings is 1. The molecule has 9 heteroatoms. The Morgan fingerprint density at radius 3 is 2.71 bits per heavy atom. The number of rotatable bonds is 6. The fourth-order valence-electron chi connectivity index (χ4n) is 4.09. The lowest BCUT2D eigenvalue weighted by atomic mass is 10.00. The zero-order chi connectivity index (χ0) is 24.1. The first-order chi connectivity index (χ1) is 16.4. The molecule has 1 amide bonds. The zero-order valence-electron chi connectivity index (χ0n) is 18.8. The second-order valence-electron chi connectivity index (χ2n) is 8.57. The minimum atomic E-state index is -0.726. The average Bonchev–Trinajstić information content (AvgIpc) is 2.79. The maximum absolute atomic E-state index is 13.6. The van der Waals surface area contributed by atoms with Gasteiger partial charge in [-0.1, -0.05) is 12.1 Å². The van der Waals surface area contributed by atoms with Gasteiger partial charge in [0, 0.05) is 35.8 Å². The highest BCUT2D eigenvalue weighted by atomic mass is 19.1. The van der Waals surface area contributed by atoms with Gasteiger partial charge in [0.15, 0.2) is 0 Å². The summed E-state index contributed by atoms with van der Waals surface area (Å²) in [6, 6.07) is 12.8. The number of hydrogen-bond acceptors (Lipinski definition) is 5. The molecule has 1 aromatic heterocycles. The number of aromatic nitrogens is 2. The molecule has 1 aliphatic heterocycles. The summed E-state index contributed by atoms with van der Waals surface area (Å²) >= 11 is 0. The summed E-state index contributed by atoms with van der Waals surface area (Å²) in [5.41, 5.74) is 1.37. The maximum atomic E-state index is 13.6. The predicted molar refractivity (Wildman–Crippen MR) is 125 cm³/mol. The molecule has 1 unspecified atom stereocenters. The lowest BCUT2D eigenvalue weighted by molar-refractivity contribution is 0.107. The van der Waals surface area contributed by atoms with Crippen LogP contribution in [0.15, 0.2) is 59.4 Å².